The molecule has 8 heteroatoms. The molecule has 0 aromatic heterocycles. The van der Waals surface area contributed by atoms with Gasteiger partial charge < -0.3 is 10.2 Å². The maximum Gasteiger partial charge on any atom is 0.253 e. The molecule has 1 aliphatic heterocycles. The summed E-state index contributed by atoms with van der Waals surface area (Å²) >= 11 is 0. The van der Waals surface area contributed by atoms with Crippen LogP contribution in [0.1, 0.15) is 30.6 Å². The molecule has 1 heterocycles. The Morgan fingerprint density at radius 2 is 2.04 bits per heavy atom. The van der Waals surface area contributed by atoms with Crippen LogP contribution in [-0.2, 0) is 14.8 Å². The van der Waals surface area contributed by atoms with Gasteiger partial charge in [0.1, 0.15) is 0 Å². The van der Waals surface area contributed by atoms with Gasteiger partial charge in [0.05, 0.1) is 10.8 Å². The highest BCUT2D eigenvalue weighted by atomic mass is 32.2. The highest BCUT2D eigenvalue weighted by Crippen LogP contribution is 2.25. The zero-order valence-corrected chi connectivity index (χ0v) is 15.7. The molecule has 0 spiro atoms. The van der Waals surface area contributed by atoms with Gasteiger partial charge in [0.15, 0.2) is 0 Å². The van der Waals surface area contributed by atoms with E-state index in [-0.39, 0.29) is 29.2 Å². The van der Waals surface area contributed by atoms with Gasteiger partial charge in [-0.1, -0.05) is 6.07 Å². The van der Waals surface area contributed by atoms with E-state index < -0.39 is 10.0 Å². The van der Waals surface area contributed by atoms with Crippen molar-refractivity contribution in [1.29, 1.82) is 0 Å². The third-order valence-corrected chi connectivity index (χ3v) is 6.27. The average molecular weight is 367 g/mol. The Hall–Kier alpha value is -1.93. The van der Waals surface area contributed by atoms with Crippen molar-refractivity contribution in [3.63, 3.8) is 0 Å². The van der Waals surface area contributed by atoms with Crippen LogP contribution in [0.4, 0.5) is 0 Å². The van der Waals surface area contributed by atoms with Crippen molar-refractivity contribution >= 4 is 21.8 Å². The van der Waals surface area contributed by atoms with Crippen molar-refractivity contribution in [2.75, 3.05) is 33.2 Å². The van der Waals surface area contributed by atoms with Gasteiger partial charge in [-0.25, -0.2) is 8.42 Å². The monoisotopic (exact) mass is 367 g/mol. The minimum atomic E-state index is -3.73. The topological polar surface area (TPSA) is 86.8 Å². The zero-order valence-electron chi connectivity index (χ0n) is 14.9. The molecule has 1 atom stereocenters. The number of amides is 2. The van der Waals surface area contributed by atoms with Crippen LogP contribution in [-0.4, -0.2) is 62.7 Å². The largest absolute Gasteiger partial charge is 0.356 e. The first kappa shape index (κ1) is 19.4. The fourth-order valence-corrected chi connectivity index (χ4v) is 4.33. The number of hydrogen-bond donors (Lipinski definition) is 1. The maximum absolute atomic E-state index is 12.8. The lowest BCUT2D eigenvalue weighted by Gasteiger charge is -2.18. The first-order chi connectivity index (χ1) is 11.8. The summed E-state index contributed by atoms with van der Waals surface area (Å²) in [6.07, 6.45) is 0.502. The summed E-state index contributed by atoms with van der Waals surface area (Å²) in [5.41, 5.74) is 0.338. The summed E-state index contributed by atoms with van der Waals surface area (Å²) in [4.78, 5) is 25.8. The Kier molecular flexibility index (Phi) is 6.18. The summed E-state index contributed by atoms with van der Waals surface area (Å²) in [6, 6.07) is 6.07. The van der Waals surface area contributed by atoms with E-state index in [9.17, 15) is 18.0 Å². The van der Waals surface area contributed by atoms with Crippen LogP contribution < -0.4 is 5.32 Å². The highest BCUT2D eigenvalue weighted by molar-refractivity contribution is 7.89. The number of rotatable bonds is 6. The minimum Gasteiger partial charge on any atom is -0.356 e. The van der Waals surface area contributed by atoms with Crippen LogP contribution in [0.15, 0.2) is 29.2 Å². The molecular weight excluding hydrogens is 342 g/mol. The van der Waals surface area contributed by atoms with Crippen LogP contribution >= 0.6 is 0 Å². The van der Waals surface area contributed by atoms with E-state index in [4.69, 9.17) is 0 Å². The van der Waals surface area contributed by atoms with Crippen molar-refractivity contribution in [1.82, 2.24) is 14.5 Å². The molecule has 0 bridgehead atoms. The molecule has 1 unspecified atom stereocenters. The Morgan fingerprint density at radius 3 is 2.68 bits per heavy atom. The van der Waals surface area contributed by atoms with Crippen molar-refractivity contribution in [3.05, 3.63) is 29.8 Å². The van der Waals surface area contributed by atoms with Crippen molar-refractivity contribution in [2.45, 2.75) is 25.2 Å². The standard InChI is InChI=1S/C17H25N3O4S/c1-4-18-16(21)14-9-10-20(12-14)25(23,24)15-8-6-7-13(11-15)17(22)19(3)5-2/h6-8,11,14H,4-5,9-10,12H2,1-3H3,(H,18,21). The predicted octanol–water partition coefficient (Wildman–Crippen LogP) is 0.925. The van der Waals surface area contributed by atoms with Crippen LogP contribution in [0.3, 0.4) is 0 Å². The molecule has 0 radical (unpaired) electrons. The lowest BCUT2D eigenvalue weighted by molar-refractivity contribution is -0.124. The second kappa shape index (κ2) is 7.97. The Morgan fingerprint density at radius 1 is 1.32 bits per heavy atom. The van der Waals surface area contributed by atoms with Crippen molar-refractivity contribution in [2.24, 2.45) is 5.92 Å². The smallest absolute Gasteiger partial charge is 0.253 e. The normalized spacial score (nSPS) is 18.1. The molecular formula is C17H25N3O4S. The fraction of sp³-hybridized carbons (Fsp3) is 0.529. The van der Waals surface area contributed by atoms with E-state index in [0.29, 0.717) is 31.6 Å². The maximum atomic E-state index is 12.8. The van der Waals surface area contributed by atoms with Crippen LogP contribution in [0, 0.1) is 5.92 Å². The quantitative estimate of drug-likeness (QED) is 0.810. The first-order valence-electron chi connectivity index (χ1n) is 8.44. The fourth-order valence-electron chi connectivity index (χ4n) is 2.78. The van der Waals surface area contributed by atoms with Crippen molar-refractivity contribution in [3.8, 4) is 0 Å². The molecule has 0 saturated carbocycles. The summed E-state index contributed by atoms with van der Waals surface area (Å²) in [5, 5.41) is 2.73. The molecule has 1 saturated heterocycles. The van der Waals surface area contributed by atoms with Gasteiger partial charge in [0, 0.05) is 38.8 Å². The van der Waals surface area contributed by atoms with Gasteiger partial charge in [-0.3, -0.25) is 9.59 Å². The molecule has 2 rings (SSSR count). The van der Waals surface area contributed by atoms with Gasteiger partial charge in [-0.15, -0.1) is 0 Å². The van der Waals surface area contributed by atoms with Crippen LogP contribution in [0.25, 0.3) is 0 Å². The summed E-state index contributed by atoms with van der Waals surface area (Å²) in [7, 11) is -2.06. The first-order valence-corrected chi connectivity index (χ1v) is 9.88. The molecule has 1 aromatic rings. The summed E-state index contributed by atoms with van der Waals surface area (Å²) in [5.74, 6) is -0.666. The summed E-state index contributed by atoms with van der Waals surface area (Å²) < 4.78 is 27.0. The SMILES string of the molecule is CCNC(=O)C1CCN(S(=O)(=O)c2cccc(C(=O)N(C)CC)c2)C1. The molecule has 1 aromatic carbocycles. The lowest BCUT2D eigenvalue weighted by atomic mass is 10.1. The van der Waals surface area contributed by atoms with Gasteiger partial charge in [-0.05, 0) is 38.5 Å². The average Bonchev–Trinajstić information content (AvgIpc) is 3.11. The highest BCUT2D eigenvalue weighted by Gasteiger charge is 2.35. The van der Waals surface area contributed by atoms with Gasteiger partial charge >= 0.3 is 0 Å². The summed E-state index contributed by atoms with van der Waals surface area (Å²) in [6.45, 7) is 5.22. The second-order valence-corrected chi connectivity index (χ2v) is 8.03. The molecule has 1 aliphatic rings. The van der Waals surface area contributed by atoms with Gasteiger partial charge in [0.2, 0.25) is 15.9 Å². The number of carbonyl (C=O) groups excluding carboxylic acids is 2. The van der Waals surface area contributed by atoms with E-state index in [1.54, 1.807) is 19.2 Å². The lowest BCUT2D eigenvalue weighted by Crippen LogP contribution is -2.34. The Bertz CT molecular complexity index is 748. The molecule has 1 fully saturated rings. The number of nitrogens with one attached hydrogen (secondary N) is 1. The van der Waals surface area contributed by atoms with Crippen LogP contribution in [0.5, 0.6) is 0 Å². The third-order valence-electron chi connectivity index (χ3n) is 4.41. The molecule has 25 heavy (non-hydrogen) atoms. The Balaban J connectivity index is 2.20. The van der Waals surface area contributed by atoms with Crippen LogP contribution in [0.2, 0.25) is 0 Å². The molecule has 2 amide bonds. The number of carbonyl (C=O) groups is 2. The minimum absolute atomic E-state index is 0.0828. The predicted molar refractivity (Wildman–Crippen MR) is 94.6 cm³/mol. The molecule has 7 nitrogen and oxygen atoms in total. The Labute approximate surface area is 149 Å². The van der Waals surface area contributed by atoms with E-state index in [2.05, 4.69) is 5.32 Å². The van der Waals surface area contributed by atoms with E-state index >= 15 is 0 Å². The molecule has 138 valence electrons. The van der Waals surface area contributed by atoms with Gasteiger partial charge in [0.25, 0.3) is 5.91 Å². The molecule has 0 aliphatic carbocycles. The number of hydrogen-bond acceptors (Lipinski definition) is 4. The number of benzene rings is 1. The van der Waals surface area contributed by atoms with E-state index in [0.717, 1.165) is 0 Å². The molecule has 1 N–H and O–H groups in total. The van der Waals surface area contributed by atoms with Gasteiger partial charge in [-0.2, -0.15) is 4.31 Å². The van der Waals surface area contributed by atoms with Crippen molar-refractivity contribution < 1.29 is 18.0 Å². The number of nitrogens with zero attached hydrogens (tertiary/aromatic N) is 2. The number of sulfonamides is 1. The van der Waals surface area contributed by atoms with E-state index in [1.165, 1.54) is 21.3 Å². The van der Waals surface area contributed by atoms with E-state index in [1.807, 2.05) is 13.8 Å². The third kappa shape index (κ3) is 4.19. The second-order valence-electron chi connectivity index (χ2n) is 6.09. The zero-order chi connectivity index (χ0) is 18.6.